The first-order valence-corrected chi connectivity index (χ1v) is 5.94. The first-order chi connectivity index (χ1) is 7.42. The highest BCUT2D eigenvalue weighted by Crippen LogP contribution is 2.24. The molecule has 0 bridgehead atoms. The third-order valence-corrected chi connectivity index (χ3v) is 2.82. The van der Waals surface area contributed by atoms with Crippen molar-refractivity contribution < 1.29 is 5.11 Å². The summed E-state index contributed by atoms with van der Waals surface area (Å²) in [6.45, 7) is 5.69. The van der Waals surface area contributed by atoms with E-state index in [1.165, 1.54) is 11.1 Å². The van der Waals surface area contributed by atoms with Gasteiger partial charge in [-0.2, -0.15) is 0 Å². The molecule has 2 heteroatoms. The Balaban J connectivity index is 2.73. The fourth-order valence-electron chi connectivity index (χ4n) is 1.56. The summed E-state index contributed by atoms with van der Waals surface area (Å²) in [6.07, 6.45) is 3.73. The standard InChI is InChI=1S/C14H19ClO/c1-4-11(9-10-14(2,3)16)12-5-7-13(15)8-6-12/h4-8,16H,9-10H2,1-3H3/b11-4-. The van der Waals surface area contributed by atoms with E-state index in [1.807, 2.05) is 45.0 Å². The molecule has 16 heavy (non-hydrogen) atoms. The van der Waals surface area contributed by atoms with Crippen LogP contribution >= 0.6 is 11.6 Å². The lowest BCUT2D eigenvalue weighted by atomic mass is 9.94. The maximum atomic E-state index is 9.70. The van der Waals surface area contributed by atoms with Crippen molar-refractivity contribution in [3.63, 3.8) is 0 Å². The van der Waals surface area contributed by atoms with E-state index in [9.17, 15) is 5.11 Å². The van der Waals surface area contributed by atoms with Crippen LogP contribution in [0.1, 0.15) is 39.2 Å². The van der Waals surface area contributed by atoms with Crippen molar-refractivity contribution in [1.82, 2.24) is 0 Å². The molecular weight excluding hydrogens is 220 g/mol. The number of allylic oxidation sites excluding steroid dienone is 2. The summed E-state index contributed by atoms with van der Waals surface area (Å²) >= 11 is 5.85. The Labute approximate surface area is 103 Å². The van der Waals surface area contributed by atoms with Gasteiger partial charge in [-0.1, -0.05) is 29.8 Å². The molecule has 0 radical (unpaired) electrons. The number of benzene rings is 1. The van der Waals surface area contributed by atoms with Crippen LogP contribution in [0, 0.1) is 0 Å². The Kier molecular flexibility index (Phi) is 4.57. The Bertz CT molecular complexity index is 357. The van der Waals surface area contributed by atoms with Crippen LogP contribution in [0.4, 0.5) is 0 Å². The van der Waals surface area contributed by atoms with Crippen LogP contribution in [-0.2, 0) is 0 Å². The zero-order chi connectivity index (χ0) is 12.2. The quantitative estimate of drug-likeness (QED) is 0.830. The SMILES string of the molecule is C/C=C(/CCC(C)(C)O)c1ccc(Cl)cc1. The average molecular weight is 239 g/mol. The maximum absolute atomic E-state index is 9.70. The lowest BCUT2D eigenvalue weighted by Crippen LogP contribution is -2.18. The second kappa shape index (κ2) is 5.51. The van der Waals surface area contributed by atoms with E-state index in [1.54, 1.807) is 0 Å². The van der Waals surface area contributed by atoms with Crippen molar-refractivity contribution in [2.24, 2.45) is 0 Å². The van der Waals surface area contributed by atoms with E-state index in [-0.39, 0.29) is 0 Å². The molecule has 1 N–H and O–H groups in total. The molecule has 0 aliphatic heterocycles. The highest BCUT2D eigenvalue weighted by Gasteiger charge is 2.13. The van der Waals surface area contributed by atoms with Gasteiger partial charge in [-0.15, -0.1) is 0 Å². The summed E-state index contributed by atoms with van der Waals surface area (Å²) < 4.78 is 0. The van der Waals surface area contributed by atoms with E-state index in [0.29, 0.717) is 0 Å². The van der Waals surface area contributed by atoms with Crippen LogP contribution in [-0.4, -0.2) is 10.7 Å². The molecule has 1 aromatic carbocycles. The van der Waals surface area contributed by atoms with Gasteiger partial charge in [0.2, 0.25) is 0 Å². The first-order valence-electron chi connectivity index (χ1n) is 5.56. The topological polar surface area (TPSA) is 20.2 Å². The maximum Gasteiger partial charge on any atom is 0.0594 e. The van der Waals surface area contributed by atoms with E-state index in [4.69, 9.17) is 11.6 Å². The molecule has 1 rings (SSSR count). The van der Waals surface area contributed by atoms with E-state index >= 15 is 0 Å². The van der Waals surface area contributed by atoms with Crippen LogP contribution in [0.5, 0.6) is 0 Å². The molecule has 0 spiro atoms. The Hall–Kier alpha value is -0.790. The van der Waals surface area contributed by atoms with Gasteiger partial charge in [0.25, 0.3) is 0 Å². The molecule has 1 nitrogen and oxygen atoms in total. The minimum absolute atomic E-state index is 0.610. The predicted octanol–water partition coefficient (Wildman–Crippen LogP) is 4.29. The molecule has 0 saturated carbocycles. The summed E-state index contributed by atoms with van der Waals surface area (Å²) in [5.74, 6) is 0. The zero-order valence-electron chi connectivity index (χ0n) is 10.1. The van der Waals surface area contributed by atoms with Crippen LogP contribution in [0.25, 0.3) is 5.57 Å². The van der Waals surface area contributed by atoms with Gasteiger partial charge in [-0.3, -0.25) is 0 Å². The van der Waals surface area contributed by atoms with Crippen molar-refractivity contribution in [1.29, 1.82) is 0 Å². The smallest absolute Gasteiger partial charge is 0.0594 e. The molecule has 0 unspecified atom stereocenters. The number of rotatable bonds is 4. The number of hydrogen-bond acceptors (Lipinski definition) is 1. The fourth-order valence-corrected chi connectivity index (χ4v) is 1.69. The second-order valence-corrected chi connectivity index (χ2v) is 5.07. The zero-order valence-corrected chi connectivity index (χ0v) is 10.9. The highest BCUT2D eigenvalue weighted by molar-refractivity contribution is 6.30. The first kappa shape index (κ1) is 13.3. The van der Waals surface area contributed by atoms with Crippen LogP contribution < -0.4 is 0 Å². The minimum Gasteiger partial charge on any atom is -0.390 e. The molecule has 1 aromatic rings. The second-order valence-electron chi connectivity index (χ2n) is 4.63. The van der Waals surface area contributed by atoms with Gasteiger partial charge in [0.05, 0.1) is 5.60 Å². The molecule has 0 aromatic heterocycles. The third-order valence-electron chi connectivity index (χ3n) is 2.57. The van der Waals surface area contributed by atoms with E-state index < -0.39 is 5.60 Å². The summed E-state index contributed by atoms with van der Waals surface area (Å²) in [5.41, 5.74) is 1.82. The van der Waals surface area contributed by atoms with Gasteiger partial charge in [0.1, 0.15) is 0 Å². The van der Waals surface area contributed by atoms with E-state index in [2.05, 4.69) is 6.08 Å². The molecule has 0 amide bonds. The Morgan fingerprint density at radius 3 is 2.31 bits per heavy atom. The van der Waals surface area contributed by atoms with Crippen molar-refractivity contribution >= 4 is 17.2 Å². The molecule has 0 fully saturated rings. The van der Waals surface area contributed by atoms with Crippen LogP contribution in [0.2, 0.25) is 5.02 Å². The van der Waals surface area contributed by atoms with E-state index in [0.717, 1.165) is 17.9 Å². The molecule has 0 aliphatic rings. The molecule has 0 saturated heterocycles. The number of hydrogen-bond donors (Lipinski definition) is 1. The number of aliphatic hydroxyl groups is 1. The molecule has 88 valence electrons. The minimum atomic E-state index is -0.610. The largest absolute Gasteiger partial charge is 0.390 e. The Morgan fingerprint density at radius 2 is 1.88 bits per heavy atom. The summed E-state index contributed by atoms with van der Waals surface area (Å²) in [4.78, 5) is 0. The van der Waals surface area contributed by atoms with Crippen molar-refractivity contribution in [3.8, 4) is 0 Å². The fraction of sp³-hybridized carbons (Fsp3) is 0.429. The highest BCUT2D eigenvalue weighted by atomic mass is 35.5. The molecule has 0 heterocycles. The lowest BCUT2D eigenvalue weighted by molar-refractivity contribution is 0.0727. The summed E-state index contributed by atoms with van der Waals surface area (Å²) in [5, 5.41) is 10.5. The van der Waals surface area contributed by atoms with Gasteiger partial charge in [0, 0.05) is 5.02 Å². The monoisotopic (exact) mass is 238 g/mol. The van der Waals surface area contributed by atoms with Gasteiger partial charge < -0.3 is 5.11 Å². The van der Waals surface area contributed by atoms with Gasteiger partial charge in [0.15, 0.2) is 0 Å². The van der Waals surface area contributed by atoms with Crippen molar-refractivity contribution in [2.75, 3.05) is 0 Å². The summed E-state index contributed by atoms with van der Waals surface area (Å²) in [7, 11) is 0. The van der Waals surface area contributed by atoms with Crippen molar-refractivity contribution in [3.05, 3.63) is 40.9 Å². The normalized spacial score (nSPS) is 12.9. The third kappa shape index (κ3) is 4.38. The van der Waals surface area contributed by atoms with Crippen LogP contribution in [0.15, 0.2) is 30.3 Å². The summed E-state index contributed by atoms with van der Waals surface area (Å²) in [6, 6.07) is 7.82. The molecule has 0 atom stereocenters. The van der Waals surface area contributed by atoms with Crippen LogP contribution in [0.3, 0.4) is 0 Å². The lowest BCUT2D eigenvalue weighted by Gasteiger charge is -2.18. The van der Waals surface area contributed by atoms with Crippen molar-refractivity contribution in [2.45, 2.75) is 39.2 Å². The molecule has 0 aliphatic carbocycles. The Morgan fingerprint density at radius 1 is 1.31 bits per heavy atom. The number of halogens is 1. The van der Waals surface area contributed by atoms with Gasteiger partial charge in [-0.05, 0) is 56.9 Å². The van der Waals surface area contributed by atoms with Gasteiger partial charge in [-0.25, -0.2) is 0 Å². The average Bonchev–Trinajstić information content (AvgIpc) is 2.20. The predicted molar refractivity (Wildman–Crippen MR) is 70.6 cm³/mol. The molecular formula is C14H19ClO. The van der Waals surface area contributed by atoms with Gasteiger partial charge >= 0.3 is 0 Å².